The zero-order valence-corrected chi connectivity index (χ0v) is 14.8. The lowest BCUT2D eigenvalue weighted by Crippen LogP contribution is -2.19. The molecule has 2 atom stereocenters. The summed E-state index contributed by atoms with van der Waals surface area (Å²) in [7, 11) is 0. The Morgan fingerprint density at radius 2 is 2.15 bits per heavy atom. The van der Waals surface area contributed by atoms with Gasteiger partial charge in [-0.25, -0.2) is 15.3 Å². The Morgan fingerprint density at radius 3 is 2.81 bits per heavy atom. The van der Waals surface area contributed by atoms with Crippen molar-refractivity contribution < 1.29 is 33.5 Å². The molecule has 1 aliphatic rings. The van der Waals surface area contributed by atoms with Crippen LogP contribution in [0.15, 0.2) is 26.2 Å². The lowest BCUT2D eigenvalue weighted by molar-refractivity contribution is -0.137. The number of fused-ring (bicyclic) bond motifs is 3. The molecule has 0 fully saturated rings. The summed E-state index contributed by atoms with van der Waals surface area (Å²) in [6, 6.07) is 3.07. The summed E-state index contributed by atoms with van der Waals surface area (Å²) in [6.07, 6.45) is 0.675. The van der Waals surface area contributed by atoms with Crippen LogP contribution in [0.3, 0.4) is 0 Å². The average Bonchev–Trinajstić information content (AvgIpc) is 3.01. The summed E-state index contributed by atoms with van der Waals surface area (Å²) in [4.78, 5) is 23.9. The van der Waals surface area contributed by atoms with E-state index >= 15 is 0 Å². The number of carbonyl (C=O) groups is 1. The monoisotopic (exact) mass is 401 g/mol. The van der Waals surface area contributed by atoms with Gasteiger partial charge in [0.05, 0.1) is 34.3 Å². The molecule has 11 heteroatoms. The zero-order valence-electron chi connectivity index (χ0n) is 13.2. The Kier molecular flexibility index (Phi) is 5.75. The summed E-state index contributed by atoms with van der Waals surface area (Å²) < 4.78 is 13.5. The van der Waals surface area contributed by atoms with Gasteiger partial charge in [-0.3, -0.25) is 4.79 Å². The molecule has 5 N–H and O–H groups in total. The minimum Gasteiger partial charge on any atom is -0.481 e. The number of hydrogen-bond acceptors (Lipinski definition) is 10. The molecular weight excluding hydrogens is 386 g/mol. The fourth-order valence-corrected chi connectivity index (χ4v) is 4.49. The van der Waals surface area contributed by atoms with Gasteiger partial charge in [0.2, 0.25) is 0 Å². The fourth-order valence-electron chi connectivity index (χ4n) is 3.36. The van der Waals surface area contributed by atoms with E-state index in [9.17, 15) is 9.59 Å². The quantitative estimate of drug-likeness (QED) is 0.178. The molecule has 1 aromatic heterocycles. The third-order valence-electron chi connectivity index (χ3n) is 4.37. The minimum atomic E-state index is -1.05. The second kappa shape index (κ2) is 7.86. The third kappa shape index (κ3) is 3.54. The van der Waals surface area contributed by atoms with Gasteiger partial charge in [0, 0.05) is 35.0 Å². The number of aliphatic carboxylic acids is 1. The minimum absolute atomic E-state index is 0.254. The second-order valence-electron chi connectivity index (χ2n) is 5.78. The first-order valence-corrected chi connectivity index (χ1v) is 9.06. The molecule has 0 spiro atoms. The molecule has 1 aliphatic carbocycles. The molecule has 1 aromatic carbocycles. The van der Waals surface area contributed by atoms with Crippen molar-refractivity contribution in [2.75, 3.05) is 5.73 Å². The van der Waals surface area contributed by atoms with E-state index in [4.69, 9.17) is 25.8 Å². The number of nitrogen functional groups attached to an aromatic ring is 1. The molecule has 2 aromatic rings. The fraction of sp³-hybridized carbons (Fsp3) is 0.333. The highest BCUT2D eigenvalue weighted by atomic mass is 32.2. The third-order valence-corrected chi connectivity index (χ3v) is 5.81. The van der Waals surface area contributed by atoms with Gasteiger partial charge >= 0.3 is 11.6 Å². The molecule has 140 valence electrons. The summed E-state index contributed by atoms with van der Waals surface area (Å²) in [5.74, 6) is -1.39. The first kappa shape index (κ1) is 19.0. The number of hydrogen-bond donors (Lipinski definition) is 4. The predicted molar refractivity (Wildman–Crippen MR) is 94.9 cm³/mol. The maximum atomic E-state index is 12.3. The predicted octanol–water partition coefficient (Wildman–Crippen LogP) is 2.88. The topological polar surface area (TPSA) is 152 Å². The van der Waals surface area contributed by atoms with Crippen LogP contribution >= 0.6 is 24.1 Å². The average molecular weight is 401 g/mol. The highest BCUT2D eigenvalue weighted by Gasteiger charge is 2.36. The standard InChI is InChI=1S/C15H15NO8S2/c16-9-4-10-8(3-12(9)26-24-21)14-6(1-2-7(14)15(19)22-10)11(25-23-20)5-13(17)18/h3-4,6,11,20-21H,1-2,5,16H2,(H,17,18). The second-order valence-corrected chi connectivity index (χ2v) is 7.48. The molecule has 0 bridgehead atoms. The first-order valence-electron chi connectivity index (χ1n) is 7.52. The number of benzene rings is 1. The molecular formula is C15H15NO8S2. The summed E-state index contributed by atoms with van der Waals surface area (Å²) in [5, 5.41) is 26.6. The van der Waals surface area contributed by atoms with E-state index in [2.05, 4.69) is 8.67 Å². The van der Waals surface area contributed by atoms with Gasteiger partial charge in [0.15, 0.2) is 0 Å². The van der Waals surface area contributed by atoms with Crippen molar-refractivity contribution in [1.29, 1.82) is 0 Å². The van der Waals surface area contributed by atoms with Gasteiger partial charge in [-0.2, -0.15) is 8.67 Å². The van der Waals surface area contributed by atoms with Crippen molar-refractivity contribution in [1.82, 2.24) is 0 Å². The lowest BCUT2D eigenvalue weighted by atomic mass is 9.93. The Balaban J connectivity index is 2.18. The molecule has 3 rings (SSSR count). The van der Waals surface area contributed by atoms with Crippen LogP contribution in [0, 0.1) is 0 Å². The van der Waals surface area contributed by atoms with Crippen molar-refractivity contribution >= 4 is 46.7 Å². The number of carboxylic acids is 1. The number of carboxylic acid groups (broad SMARTS) is 1. The van der Waals surface area contributed by atoms with Gasteiger partial charge in [-0.05, 0) is 24.5 Å². The van der Waals surface area contributed by atoms with Gasteiger partial charge in [-0.15, -0.1) is 0 Å². The molecule has 9 nitrogen and oxygen atoms in total. The summed E-state index contributed by atoms with van der Waals surface area (Å²) in [6.45, 7) is 0. The first-order chi connectivity index (χ1) is 12.5. The van der Waals surface area contributed by atoms with Gasteiger partial charge in [0.25, 0.3) is 0 Å². The van der Waals surface area contributed by atoms with Crippen LogP contribution in [-0.4, -0.2) is 26.8 Å². The van der Waals surface area contributed by atoms with Crippen LogP contribution in [0.2, 0.25) is 0 Å². The van der Waals surface area contributed by atoms with Crippen LogP contribution in [0.1, 0.15) is 29.9 Å². The van der Waals surface area contributed by atoms with Crippen molar-refractivity contribution in [3.8, 4) is 0 Å². The Labute approximate surface area is 155 Å². The Bertz CT molecular complexity index is 899. The maximum absolute atomic E-state index is 12.3. The van der Waals surface area contributed by atoms with E-state index in [1.54, 1.807) is 6.07 Å². The lowest BCUT2D eigenvalue weighted by Gasteiger charge is -2.21. The van der Waals surface area contributed by atoms with Crippen molar-refractivity contribution in [3.05, 3.63) is 33.7 Å². The van der Waals surface area contributed by atoms with Gasteiger partial charge in [0.1, 0.15) is 5.58 Å². The number of anilines is 1. The largest absolute Gasteiger partial charge is 0.481 e. The molecule has 0 saturated heterocycles. The molecule has 0 radical (unpaired) electrons. The summed E-state index contributed by atoms with van der Waals surface area (Å²) in [5.41, 5.74) is 6.98. The van der Waals surface area contributed by atoms with Gasteiger partial charge in [-0.1, -0.05) is 0 Å². The van der Waals surface area contributed by atoms with Crippen LogP contribution in [0.25, 0.3) is 11.0 Å². The SMILES string of the molecule is Nc1cc2oc(=O)c3c(c2cc1SOO)C(C(CC(=O)O)SOO)CC3. The van der Waals surface area contributed by atoms with Crippen LogP contribution in [0.4, 0.5) is 5.69 Å². The highest BCUT2D eigenvalue weighted by Crippen LogP contribution is 2.45. The normalized spacial score (nSPS) is 17.4. The van der Waals surface area contributed by atoms with E-state index in [0.717, 1.165) is 0 Å². The molecule has 0 amide bonds. The highest BCUT2D eigenvalue weighted by molar-refractivity contribution is 7.95. The van der Waals surface area contributed by atoms with Crippen molar-refractivity contribution in [2.45, 2.75) is 35.3 Å². The Morgan fingerprint density at radius 1 is 1.38 bits per heavy atom. The van der Waals surface area contributed by atoms with E-state index in [0.29, 0.717) is 58.3 Å². The smallest absolute Gasteiger partial charge is 0.339 e. The van der Waals surface area contributed by atoms with E-state index < -0.39 is 16.8 Å². The zero-order chi connectivity index (χ0) is 18.8. The number of rotatable bonds is 7. The van der Waals surface area contributed by atoms with Crippen molar-refractivity contribution in [3.63, 3.8) is 0 Å². The molecule has 1 heterocycles. The molecule has 2 unspecified atom stereocenters. The molecule has 0 aliphatic heterocycles. The van der Waals surface area contributed by atoms with Gasteiger partial charge < -0.3 is 15.3 Å². The van der Waals surface area contributed by atoms with Crippen LogP contribution in [0.5, 0.6) is 0 Å². The van der Waals surface area contributed by atoms with Crippen LogP contribution in [-0.2, 0) is 19.9 Å². The number of nitrogens with two attached hydrogens (primary N) is 1. The Hall–Kier alpha value is -1.76. The molecule has 26 heavy (non-hydrogen) atoms. The van der Waals surface area contributed by atoms with E-state index in [1.807, 2.05) is 0 Å². The van der Waals surface area contributed by atoms with Crippen molar-refractivity contribution in [2.24, 2.45) is 0 Å². The van der Waals surface area contributed by atoms with E-state index in [-0.39, 0.29) is 23.6 Å². The van der Waals surface area contributed by atoms with Crippen LogP contribution < -0.4 is 11.4 Å². The summed E-state index contributed by atoms with van der Waals surface area (Å²) >= 11 is 1.29. The maximum Gasteiger partial charge on any atom is 0.339 e. The molecule has 0 saturated carbocycles. The van der Waals surface area contributed by atoms with E-state index in [1.165, 1.54) is 6.07 Å².